The summed E-state index contributed by atoms with van der Waals surface area (Å²) in [5.74, 6) is 0. The summed E-state index contributed by atoms with van der Waals surface area (Å²) >= 11 is 0. The highest BCUT2D eigenvalue weighted by Gasteiger charge is 2.20. The predicted octanol–water partition coefficient (Wildman–Crippen LogP) is 2.56. The van der Waals surface area contributed by atoms with Crippen LogP contribution in [0.2, 0.25) is 0 Å². The summed E-state index contributed by atoms with van der Waals surface area (Å²) in [5, 5.41) is 0. The predicted molar refractivity (Wildman–Crippen MR) is 74.8 cm³/mol. The Labute approximate surface area is 106 Å². The fraction of sp³-hybridized carbons (Fsp3) is 0.600. The summed E-state index contributed by atoms with van der Waals surface area (Å²) in [4.78, 5) is 0. The van der Waals surface area contributed by atoms with E-state index in [9.17, 15) is 0 Å². The average Bonchev–Trinajstić information content (AvgIpc) is 2.39. The highest BCUT2D eigenvalue weighted by atomic mass is 15.3. The van der Waals surface area contributed by atoms with Crippen LogP contribution in [0.1, 0.15) is 31.9 Å². The maximum absolute atomic E-state index is 5.56. The maximum Gasteiger partial charge on any atom is 0.104 e. The first kappa shape index (κ1) is 14.2. The Morgan fingerprint density at radius 1 is 0.882 bits per heavy atom. The number of rotatable bonds is 7. The van der Waals surface area contributed by atoms with E-state index in [-0.39, 0.29) is 0 Å². The van der Waals surface area contributed by atoms with Gasteiger partial charge in [0.2, 0.25) is 0 Å². The van der Waals surface area contributed by atoms with Gasteiger partial charge in [0.25, 0.3) is 0 Å². The van der Waals surface area contributed by atoms with Crippen molar-refractivity contribution in [2.45, 2.75) is 33.7 Å². The third-order valence-electron chi connectivity index (χ3n) is 3.99. The molecule has 0 aliphatic heterocycles. The van der Waals surface area contributed by atoms with Gasteiger partial charge in [0.15, 0.2) is 0 Å². The summed E-state index contributed by atoms with van der Waals surface area (Å²) in [6.45, 7) is 12.4. The number of quaternary nitrogens is 1. The number of benzene rings is 1. The molecule has 0 spiro atoms. The molecule has 0 aromatic heterocycles. The van der Waals surface area contributed by atoms with Gasteiger partial charge in [0.1, 0.15) is 6.54 Å². The Kier molecular flexibility index (Phi) is 5.66. The van der Waals surface area contributed by atoms with Crippen molar-refractivity contribution < 1.29 is 4.48 Å². The monoisotopic (exact) mass is 235 g/mol. The molecule has 0 aliphatic rings. The van der Waals surface area contributed by atoms with E-state index in [0.29, 0.717) is 0 Å². The molecular weight excluding hydrogens is 208 g/mol. The highest BCUT2D eigenvalue weighted by Crippen LogP contribution is 2.15. The molecule has 0 heterocycles. The lowest BCUT2D eigenvalue weighted by atomic mass is 10.1. The van der Waals surface area contributed by atoms with E-state index in [1.807, 2.05) is 0 Å². The van der Waals surface area contributed by atoms with Crippen LogP contribution in [0.3, 0.4) is 0 Å². The summed E-state index contributed by atoms with van der Waals surface area (Å²) in [6, 6.07) is 8.97. The number of nitrogens with zero attached hydrogens (tertiary/aromatic N) is 1. The van der Waals surface area contributed by atoms with Crippen LogP contribution in [-0.2, 0) is 13.0 Å². The summed E-state index contributed by atoms with van der Waals surface area (Å²) in [6.07, 6.45) is 0.982. The molecule has 0 saturated heterocycles. The fourth-order valence-electron chi connectivity index (χ4n) is 2.37. The van der Waals surface area contributed by atoms with Crippen molar-refractivity contribution in [2.24, 2.45) is 5.73 Å². The van der Waals surface area contributed by atoms with Gasteiger partial charge in [-0.1, -0.05) is 24.3 Å². The van der Waals surface area contributed by atoms with Crippen molar-refractivity contribution in [3.05, 3.63) is 35.4 Å². The van der Waals surface area contributed by atoms with Gasteiger partial charge in [-0.2, -0.15) is 0 Å². The van der Waals surface area contributed by atoms with E-state index in [1.54, 1.807) is 0 Å². The van der Waals surface area contributed by atoms with Gasteiger partial charge in [-0.3, -0.25) is 0 Å². The molecule has 0 amide bonds. The first-order valence-corrected chi connectivity index (χ1v) is 6.82. The van der Waals surface area contributed by atoms with Crippen LogP contribution < -0.4 is 5.73 Å². The SMILES string of the molecule is CC[N+](CC)(CC)Cc1ccc(CCN)cc1. The van der Waals surface area contributed by atoms with Gasteiger partial charge in [-0.05, 0) is 39.3 Å². The molecule has 96 valence electrons. The van der Waals surface area contributed by atoms with E-state index in [4.69, 9.17) is 5.73 Å². The topological polar surface area (TPSA) is 26.0 Å². The third kappa shape index (κ3) is 3.83. The average molecular weight is 235 g/mol. The van der Waals surface area contributed by atoms with Gasteiger partial charge in [-0.15, -0.1) is 0 Å². The van der Waals surface area contributed by atoms with E-state index in [2.05, 4.69) is 45.0 Å². The second kappa shape index (κ2) is 6.77. The molecular formula is C15H27N2+. The highest BCUT2D eigenvalue weighted by molar-refractivity contribution is 5.22. The molecule has 2 heteroatoms. The molecule has 1 aromatic rings. The maximum atomic E-state index is 5.56. The van der Waals surface area contributed by atoms with Crippen LogP contribution in [0.15, 0.2) is 24.3 Å². The van der Waals surface area contributed by atoms with Crippen LogP contribution in [0.4, 0.5) is 0 Å². The number of nitrogens with two attached hydrogens (primary N) is 1. The zero-order valence-electron chi connectivity index (χ0n) is 11.6. The smallest absolute Gasteiger partial charge is 0.104 e. The van der Waals surface area contributed by atoms with E-state index < -0.39 is 0 Å². The summed E-state index contributed by atoms with van der Waals surface area (Å²) < 4.78 is 1.18. The van der Waals surface area contributed by atoms with Crippen LogP contribution >= 0.6 is 0 Å². The summed E-state index contributed by atoms with van der Waals surface area (Å²) in [7, 11) is 0. The number of hydrogen-bond donors (Lipinski definition) is 1. The van der Waals surface area contributed by atoms with Gasteiger partial charge >= 0.3 is 0 Å². The summed E-state index contributed by atoms with van der Waals surface area (Å²) in [5.41, 5.74) is 8.35. The second-order valence-electron chi connectivity index (χ2n) is 4.80. The minimum Gasteiger partial charge on any atom is -0.330 e. The minimum absolute atomic E-state index is 0.734. The molecule has 2 nitrogen and oxygen atoms in total. The standard InChI is InChI=1S/C15H27N2/c1-4-17(5-2,6-3)13-15-9-7-14(8-10-15)11-12-16/h7-10H,4-6,11-13,16H2,1-3H3/q+1. The lowest BCUT2D eigenvalue weighted by Crippen LogP contribution is -2.46. The van der Waals surface area contributed by atoms with Gasteiger partial charge < -0.3 is 10.2 Å². The van der Waals surface area contributed by atoms with Crippen molar-refractivity contribution in [1.82, 2.24) is 0 Å². The molecule has 17 heavy (non-hydrogen) atoms. The Morgan fingerprint density at radius 2 is 1.35 bits per heavy atom. The molecule has 1 rings (SSSR count). The van der Waals surface area contributed by atoms with Gasteiger partial charge in [0.05, 0.1) is 19.6 Å². The molecule has 0 saturated carbocycles. The number of hydrogen-bond acceptors (Lipinski definition) is 1. The van der Waals surface area contributed by atoms with E-state index >= 15 is 0 Å². The second-order valence-corrected chi connectivity index (χ2v) is 4.80. The van der Waals surface area contributed by atoms with E-state index in [1.165, 1.54) is 35.2 Å². The lowest BCUT2D eigenvalue weighted by Gasteiger charge is -2.35. The Balaban J connectivity index is 2.73. The molecule has 1 aromatic carbocycles. The van der Waals surface area contributed by atoms with Gasteiger partial charge in [-0.25, -0.2) is 0 Å². The molecule has 0 aliphatic carbocycles. The molecule has 0 radical (unpaired) electrons. The first-order chi connectivity index (χ1) is 8.19. The molecule has 0 unspecified atom stereocenters. The minimum atomic E-state index is 0.734. The van der Waals surface area contributed by atoms with Gasteiger partial charge in [0, 0.05) is 5.56 Å². The largest absolute Gasteiger partial charge is 0.330 e. The molecule has 2 N–H and O–H groups in total. The Bertz CT molecular complexity index is 304. The van der Waals surface area contributed by atoms with Crippen molar-refractivity contribution in [2.75, 3.05) is 26.2 Å². The third-order valence-corrected chi connectivity index (χ3v) is 3.99. The molecule has 0 fully saturated rings. The van der Waals surface area contributed by atoms with Crippen molar-refractivity contribution in [1.29, 1.82) is 0 Å². The zero-order chi connectivity index (χ0) is 12.7. The van der Waals surface area contributed by atoms with Crippen LogP contribution in [0.5, 0.6) is 0 Å². The fourth-order valence-corrected chi connectivity index (χ4v) is 2.37. The van der Waals surface area contributed by atoms with Crippen molar-refractivity contribution >= 4 is 0 Å². The van der Waals surface area contributed by atoms with Crippen molar-refractivity contribution in [3.8, 4) is 0 Å². The van der Waals surface area contributed by atoms with Crippen LogP contribution in [0.25, 0.3) is 0 Å². The van der Waals surface area contributed by atoms with E-state index in [0.717, 1.165) is 19.5 Å². The molecule has 0 bridgehead atoms. The zero-order valence-corrected chi connectivity index (χ0v) is 11.6. The Morgan fingerprint density at radius 3 is 1.76 bits per heavy atom. The Hall–Kier alpha value is -0.860. The normalized spacial score (nSPS) is 11.8. The molecule has 0 atom stereocenters. The quantitative estimate of drug-likeness (QED) is 0.722. The first-order valence-electron chi connectivity index (χ1n) is 6.82. The van der Waals surface area contributed by atoms with Crippen molar-refractivity contribution in [3.63, 3.8) is 0 Å². The van der Waals surface area contributed by atoms with Crippen LogP contribution in [-0.4, -0.2) is 30.7 Å². The van der Waals surface area contributed by atoms with Crippen LogP contribution in [0, 0.1) is 0 Å². The lowest BCUT2D eigenvalue weighted by molar-refractivity contribution is -0.936.